The monoisotopic (exact) mass is 472 g/mol. The maximum atomic E-state index is 13.8. The van der Waals surface area contributed by atoms with E-state index in [0.29, 0.717) is 11.4 Å². The second-order valence-electron chi connectivity index (χ2n) is 7.33. The fraction of sp³-hybridized carbons (Fsp3) is 0.227. The molecule has 11 heteroatoms. The molecule has 172 valence electrons. The summed E-state index contributed by atoms with van der Waals surface area (Å²) in [6.45, 7) is 0. The van der Waals surface area contributed by atoms with Crippen LogP contribution in [0.4, 0.5) is 20.3 Å². The zero-order chi connectivity index (χ0) is 23.4. The normalized spacial score (nSPS) is 17.0. The van der Waals surface area contributed by atoms with Crippen molar-refractivity contribution < 1.29 is 18.3 Å². The lowest BCUT2D eigenvalue weighted by Crippen LogP contribution is -2.44. The molecule has 3 aromatic rings. The third-order valence-corrected chi connectivity index (χ3v) is 5.48. The average molecular weight is 473 g/mol. The SMILES string of the molecule is COc1ccccc1NC(=S)NNC(=O)c1cnn2c1N[C@H](c1ccccc1)C[C@@H]2C(F)F. The number of hydrazine groups is 1. The van der Waals surface area contributed by atoms with Crippen LogP contribution >= 0.6 is 12.2 Å². The lowest BCUT2D eigenvalue weighted by molar-refractivity contribution is 0.0656. The first-order chi connectivity index (χ1) is 16.0. The van der Waals surface area contributed by atoms with E-state index in [-0.39, 0.29) is 29.0 Å². The number of rotatable bonds is 5. The van der Waals surface area contributed by atoms with E-state index in [1.54, 1.807) is 18.2 Å². The zero-order valence-corrected chi connectivity index (χ0v) is 18.4. The summed E-state index contributed by atoms with van der Waals surface area (Å²) < 4.78 is 34.0. The number of methoxy groups -OCH3 is 1. The van der Waals surface area contributed by atoms with Gasteiger partial charge < -0.3 is 15.4 Å². The van der Waals surface area contributed by atoms with Gasteiger partial charge in [0, 0.05) is 0 Å². The lowest BCUT2D eigenvalue weighted by Gasteiger charge is -2.32. The van der Waals surface area contributed by atoms with Crippen LogP contribution < -0.4 is 26.2 Å². The number of amides is 1. The van der Waals surface area contributed by atoms with Crippen LogP contribution in [0.5, 0.6) is 5.75 Å². The summed E-state index contributed by atoms with van der Waals surface area (Å²) >= 11 is 5.22. The first-order valence-corrected chi connectivity index (χ1v) is 10.6. The van der Waals surface area contributed by atoms with E-state index in [0.717, 1.165) is 5.56 Å². The Morgan fingerprint density at radius 2 is 1.91 bits per heavy atom. The standard InChI is InChI=1S/C22H22F2N6O2S/c1-32-18-10-6-5-9-15(18)27-22(33)29-28-21(31)14-12-25-30-17(19(23)24)11-16(26-20(14)30)13-7-3-2-4-8-13/h2-10,12,16-17,19,26H,11H2,1H3,(H,28,31)(H2,27,29,33)/t16-,17+/m0/s1. The molecule has 1 aliphatic rings. The maximum absolute atomic E-state index is 13.8. The van der Waals surface area contributed by atoms with Crippen molar-refractivity contribution in [2.75, 3.05) is 17.7 Å². The molecule has 33 heavy (non-hydrogen) atoms. The van der Waals surface area contributed by atoms with E-state index in [2.05, 4.69) is 26.6 Å². The Kier molecular flexibility index (Phi) is 6.68. The van der Waals surface area contributed by atoms with Gasteiger partial charge in [-0.3, -0.25) is 15.6 Å². The number of hydrogen-bond acceptors (Lipinski definition) is 5. The van der Waals surface area contributed by atoms with Gasteiger partial charge in [-0.25, -0.2) is 13.5 Å². The summed E-state index contributed by atoms with van der Waals surface area (Å²) in [5, 5.41) is 10.3. The molecule has 0 radical (unpaired) electrons. The highest BCUT2D eigenvalue weighted by atomic mass is 32.1. The molecule has 1 aliphatic heterocycles. The number of carbonyl (C=O) groups excluding carboxylic acids is 1. The van der Waals surface area contributed by atoms with Gasteiger partial charge in [0.05, 0.1) is 25.0 Å². The number of para-hydroxylation sites is 2. The van der Waals surface area contributed by atoms with Crippen molar-refractivity contribution in [3.63, 3.8) is 0 Å². The van der Waals surface area contributed by atoms with E-state index >= 15 is 0 Å². The van der Waals surface area contributed by atoms with Gasteiger partial charge in [0.2, 0.25) is 0 Å². The summed E-state index contributed by atoms with van der Waals surface area (Å²) in [6, 6.07) is 14.8. The number of halogens is 2. The number of alkyl halides is 2. The average Bonchev–Trinajstić information content (AvgIpc) is 3.27. The Hall–Kier alpha value is -3.73. The lowest BCUT2D eigenvalue weighted by atomic mass is 9.97. The highest BCUT2D eigenvalue weighted by molar-refractivity contribution is 7.80. The summed E-state index contributed by atoms with van der Waals surface area (Å²) in [6.07, 6.45) is -1.23. The molecule has 0 fully saturated rings. The Balaban J connectivity index is 1.48. The van der Waals surface area contributed by atoms with Crippen LogP contribution in [0.3, 0.4) is 0 Å². The van der Waals surface area contributed by atoms with Crippen molar-refractivity contribution in [3.05, 3.63) is 71.9 Å². The van der Waals surface area contributed by atoms with E-state index in [9.17, 15) is 13.6 Å². The Labute approximate surface area is 194 Å². The fourth-order valence-corrected chi connectivity index (χ4v) is 3.85. The van der Waals surface area contributed by atoms with Crippen molar-refractivity contribution >= 4 is 34.7 Å². The molecular weight excluding hydrogens is 450 g/mol. The summed E-state index contributed by atoms with van der Waals surface area (Å²) in [5.41, 5.74) is 6.66. The number of ether oxygens (including phenoxy) is 1. The minimum absolute atomic E-state index is 0.119. The molecule has 1 amide bonds. The number of benzene rings is 2. The number of nitrogens with one attached hydrogen (secondary N) is 4. The van der Waals surface area contributed by atoms with E-state index in [4.69, 9.17) is 17.0 Å². The molecule has 0 spiro atoms. The Morgan fingerprint density at radius 1 is 1.18 bits per heavy atom. The largest absolute Gasteiger partial charge is 0.495 e. The van der Waals surface area contributed by atoms with Gasteiger partial charge in [-0.2, -0.15) is 5.10 Å². The van der Waals surface area contributed by atoms with Gasteiger partial charge in [-0.15, -0.1) is 0 Å². The number of carbonyl (C=O) groups is 1. The predicted octanol–water partition coefficient (Wildman–Crippen LogP) is 3.89. The topological polar surface area (TPSA) is 92.2 Å². The van der Waals surface area contributed by atoms with Gasteiger partial charge in [-0.1, -0.05) is 42.5 Å². The Morgan fingerprint density at radius 3 is 2.64 bits per heavy atom. The van der Waals surface area contributed by atoms with Crippen LogP contribution in [0.25, 0.3) is 0 Å². The minimum atomic E-state index is -2.64. The summed E-state index contributed by atoms with van der Waals surface area (Å²) in [5.74, 6) is 0.228. The molecule has 0 saturated carbocycles. The molecule has 0 aliphatic carbocycles. The second kappa shape index (κ2) is 9.82. The van der Waals surface area contributed by atoms with E-state index < -0.39 is 18.4 Å². The van der Waals surface area contributed by atoms with Gasteiger partial charge in [-0.05, 0) is 36.3 Å². The number of fused-ring (bicyclic) bond motifs is 1. The van der Waals surface area contributed by atoms with Gasteiger partial charge in [0.25, 0.3) is 12.3 Å². The molecule has 0 unspecified atom stereocenters. The maximum Gasteiger partial charge on any atom is 0.275 e. The van der Waals surface area contributed by atoms with Gasteiger partial charge >= 0.3 is 0 Å². The van der Waals surface area contributed by atoms with Crippen LogP contribution in [-0.4, -0.2) is 34.3 Å². The highest BCUT2D eigenvalue weighted by Crippen LogP contribution is 2.39. The highest BCUT2D eigenvalue weighted by Gasteiger charge is 2.36. The van der Waals surface area contributed by atoms with E-state index in [1.165, 1.54) is 18.0 Å². The number of aromatic nitrogens is 2. The van der Waals surface area contributed by atoms with Gasteiger partial charge in [0.15, 0.2) is 5.11 Å². The fourth-order valence-electron chi connectivity index (χ4n) is 3.69. The molecule has 2 atom stereocenters. The molecular formula is C22H22F2N6O2S. The third-order valence-electron chi connectivity index (χ3n) is 5.28. The number of thiocarbonyl (C=S) groups is 1. The number of hydrogen-bond donors (Lipinski definition) is 4. The van der Waals surface area contributed by atoms with Crippen molar-refractivity contribution in [3.8, 4) is 5.75 Å². The zero-order valence-electron chi connectivity index (χ0n) is 17.6. The van der Waals surface area contributed by atoms with Crippen molar-refractivity contribution in [1.82, 2.24) is 20.6 Å². The van der Waals surface area contributed by atoms with Crippen molar-refractivity contribution in [1.29, 1.82) is 0 Å². The van der Waals surface area contributed by atoms with Crippen molar-refractivity contribution in [2.45, 2.75) is 24.9 Å². The molecule has 4 N–H and O–H groups in total. The molecule has 2 heterocycles. The summed E-state index contributed by atoms with van der Waals surface area (Å²) in [4.78, 5) is 12.8. The molecule has 0 bridgehead atoms. The number of anilines is 2. The van der Waals surface area contributed by atoms with Crippen LogP contribution in [0, 0.1) is 0 Å². The molecule has 0 saturated heterocycles. The smallest absolute Gasteiger partial charge is 0.275 e. The van der Waals surface area contributed by atoms with E-state index in [1.807, 2.05) is 36.4 Å². The first kappa shape index (κ1) is 22.5. The van der Waals surface area contributed by atoms with Crippen LogP contribution in [0.2, 0.25) is 0 Å². The quantitative estimate of drug-likeness (QED) is 0.331. The minimum Gasteiger partial charge on any atom is -0.495 e. The molecule has 2 aromatic carbocycles. The Bertz CT molecular complexity index is 1140. The van der Waals surface area contributed by atoms with Crippen LogP contribution in [0.1, 0.15) is 34.4 Å². The third kappa shape index (κ3) is 4.87. The first-order valence-electron chi connectivity index (χ1n) is 10.2. The van der Waals surface area contributed by atoms with Gasteiger partial charge in [0.1, 0.15) is 23.2 Å². The molecule has 1 aromatic heterocycles. The van der Waals surface area contributed by atoms with Crippen molar-refractivity contribution in [2.24, 2.45) is 0 Å². The predicted molar refractivity (Wildman–Crippen MR) is 125 cm³/mol. The van der Waals surface area contributed by atoms with Crippen LogP contribution in [-0.2, 0) is 0 Å². The number of nitrogens with zero attached hydrogens (tertiary/aromatic N) is 2. The molecule has 4 rings (SSSR count). The second-order valence-corrected chi connectivity index (χ2v) is 7.74. The molecule has 8 nitrogen and oxygen atoms in total. The summed E-state index contributed by atoms with van der Waals surface area (Å²) in [7, 11) is 1.53. The van der Waals surface area contributed by atoms with Crippen LogP contribution in [0.15, 0.2) is 60.8 Å².